The maximum absolute atomic E-state index is 12.4. The van der Waals surface area contributed by atoms with E-state index in [0.29, 0.717) is 30.4 Å². The topological polar surface area (TPSA) is 78.6 Å². The van der Waals surface area contributed by atoms with E-state index < -0.39 is 6.10 Å². The first-order chi connectivity index (χ1) is 11.6. The lowest BCUT2D eigenvalue weighted by Crippen LogP contribution is -2.43. The lowest BCUT2D eigenvalue weighted by atomic mass is 10.1. The van der Waals surface area contributed by atoms with Gasteiger partial charge in [0.1, 0.15) is 17.0 Å². The van der Waals surface area contributed by atoms with E-state index in [9.17, 15) is 9.90 Å². The van der Waals surface area contributed by atoms with E-state index in [1.165, 1.54) is 6.26 Å². The Morgan fingerprint density at radius 2 is 2.38 bits per heavy atom. The summed E-state index contributed by atoms with van der Waals surface area (Å²) >= 11 is 5.75. The summed E-state index contributed by atoms with van der Waals surface area (Å²) in [5.74, 6) is 0.537. The molecule has 7 heteroatoms. The van der Waals surface area contributed by atoms with E-state index in [-0.39, 0.29) is 12.1 Å². The Balaban J connectivity index is 1.54. The fourth-order valence-corrected chi connectivity index (χ4v) is 3.10. The van der Waals surface area contributed by atoms with Gasteiger partial charge in [0.05, 0.1) is 6.26 Å². The quantitative estimate of drug-likeness (QED) is 0.813. The van der Waals surface area contributed by atoms with Crippen molar-refractivity contribution in [1.82, 2.24) is 15.2 Å². The third-order valence-corrected chi connectivity index (χ3v) is 4.46. The van der Waals surface area contributed by atoms with E-state index in [4.69, 9.17) is 16.0 Å². The third-order valence-electron chi connectivity index (χ3n) is 4.24. The summed E-state index contributed by atoms with van der Waals surface area (Å²) in [4.78, 5) is 18.2. The van der Waals surface area contributed by atoms with Crippen LogP contribution >= 0.6 is 11.6 Å². The van der Waals surface area contributed by atoms with Crippen LogP contribution in [0.1, 0.15) is 36.7 Å². The molecule has 3 rings (SSSR count). The summed E-state index contributed by atoms with van der Waals surface area (Å²) in [6, 6.07) is 6.90. The van der Waals surface area contributed by atoms with Gasteiger partial charge in [-0.3, -0.25) is 0 Å². The molecule has 2 N–H and O–H groups in total. The normalized spacial score (nSPS) is 18.6. The van der Waals surface area contributed by atoms with E-state index in [1.54, 1.807) is 29.3 Å². The summed E-state index contributed by atoms with van der Waals surface area (Å²) in [7, 11) is 0. The van der Waals surface area contributed by atoms with Crippen LogP contribution in [0.2, 0.25) is 5.15 Å². The molecule has 3 heterocycles. The zero-order chi connectivity index (χ0) is 16.9. The number of halogens is 1. The highest BCUT2D eigenvalue weighted by Gasteiger charge is 2.31. The highest BCUT2D eigenvalue weighted by molar-refractivity contribution is 6.29. The first-order valence-electron chi connectivity index (χ1n) is 8.00. The zero-order valence-corrected chi connectivity index (χ0v) is 13.9. The van der Waals surface area contributed by atoms with Crippen LogP contribution in [0.3, 0.4) is 0 Å². The van der Waals surface area contributed by atoms with Crippen LogP contribution in [0, 0.1) is 0 Å². The van der Waals surface area contributed by atoms with Crippen molar-refractivity contribution < 1.29 is 14.3 Å². The number of pyridine rings is 1. The number of aromatic nitrogens is 1. The number of rotatable bonds is 5. The SMILES string of the molecule is O=C(NCc1ccc(Cl)nc1)N1CCCC1CC(O)c1ccco1. The molecule has 0 aliphatic carbocycles. The van der Waals surface area contributed by atoms with Crippen molar-refractivity contribution in [1.29, 1.82) is 0 Å². The van der Waals surface area contributed by atoms with Crippen molar-refractivity contribution in [3.05, 3.63) is 53.2 Å². The number of furan rings is 1. The van der Waals surface area contributed by atoms with Crippen molar-refractivity contribution in [3.8, 4) is 0 Å². The molecule has 2 aromatic rings. The van der Waals surface area contributed by atoms with Gasteiger partial charge in [-0.25, -0.2) is 9.78 Å². The third kappa shape index (κ3) is 4.07. The fraction of sp³-hybridized carbons (Fsp3) is 0.412. The van der Waals surface area contributed by atoms with Gasteiger partial charge >= 0.3 is 6.03 Å². The monoisotopic (exact) mass is 349 g/mol. The largest absolute Gasteiger partial charge is 0.467 e. The second-order valence-corrected chi connectivity index (χ2v) is 6.29. The number of aliphatic hydroxyl groups is 1. The molecule has 0 aromatic carbocycles. The Morgan fingerprint density at radius 3 is 3.08 bits per heavy atom. The van der Waals surface area contributed by atoms with Gasteiger partial charge in [0.25, 0.3) is 0 Å². The van der Waals surface area contributed by atoms with Gasteiger partial charge in [-0.05, 0) is 36.6 Å². The Bertz CT molecular complexity index is 660. The first-order valence-corrected chi connectivity index (χ1v) is 8.37. The molecule has 1 aliphatic heterocycles. The Morgan fingerprint density at radius 1 is 1.50 bits per heavy atom. The molecular formula is C17H20ClN3O3. The predicted molar refractivity (Wildman–Crippen MR) is 89.5 cm³/mol. The number of hydrogen-bond acceptors (Lipinski definition) is 4. The van der Waals surface area contributed by atoms with Crippen molar-refractivity contribution in [2.45, 2.75) is 38.0 Å². The average molecular weight is 350 g/mol. The lowest BCUT2D eigenvalue weighted by molar-refractivity contribution is 0.108. The van der Waals surface area contributed by atoms with E-state index in [2.05, 4.69) is 10.3 Å². The van der Waals surface area contributed by atoms with Gasteiger partial charge in [-0.15, -0.1) is 0 Å². The van der Waals surface area contributed by atoms with Crippen LogP contribution < -0.4 is 5.32 Å². The molecule has 128 valence electrons. The second kappa shape index (κ2) is 7.68. The molecular weight excluding hydrogens is 330 g/mol. The van der Waals surface area contributed by atoms with Crippen molar-refractivity contribution in [3.63, 3.8) is 0 Å². The molecule has 0 saturated carbocycles. The minimum Gasteiger partial charge on any atom is -0.467 e. The van der Waals surface area contributed by atoms with Gasteiger partial charge < -0.3 is 19.7 Å². The maximum Gasteiger partial charge on any atom is 0.317 e. The van der Waals surface area contributed by atoms with E-state index in [0.717, 1.165) is 18.4 Å². The molecule has 2 unspecified atom stereocenters. The second-order valence-electron chi connectivity index (χ2n) is 5.90. The molecule has 0 radical (unpaired) electrons. The maximum atomic E-state index is 12.4. The molecule has 2 aromatic heterocycles. The van der Waals surface area contributed by atoms with Gasteiger partial charge in [0.15, 0.2) is 0 Å². The highest BCUT2D eigenvalue weighted by atomic mass is 35.5. The Hall–Kier alpha value is -2.05. The summed E-state index contributed by atoms with van der Waals surface area (Å²) < 4.78 is 5.23. The van der Waals surface area contributed by atoms with Crippen LogP contribution in [-0.4, -0.2) is 33.6 Å². The number of carbonyl (C=O) groups is 1. The minimum absolute atomic E-state index is 0.00782. The molecule has 24 heavy (non-hydrogen) atoms. The number of nitrogens with one attached hydrogen (secondary N) is 1. The number of urea groups is 1. The molecule has 0 bridgehead atoms. The Kier molecular flexibility index (Phi) is 5.37. The molecule has 1 aliphatic rings. The van der Waals surface area contributed by atoms with Crippen LogP contribution in [0.4, 0.5) is 4.79 Å². The summed E-state index contributed by atoms with van der Waals surface area (Å²) in [5.41, 5.74) is 0.888. The summed E-state index contributed by atoms with van der Waals surface area (Å²) in [5, 5.41) is 13.6. The van der Waals surface area contributed by atoms with Crippen LogP contribution in [0.15, 0.2) is 41.1 Å². The predicted octanol–water partition coefficient (Wildman–Crippen LogP) is 3.13. The van der Waals surface area contributed by atoms with Gasteiger partial charge in [-0.1, -0.05) is 17.7 Å². The number of hydrogen-bond donors (Lipinski definition) is 2. The summed E-state index contributed by atoms with van der Waals surface area (Å²) in [6.07, 6.45) is 4.78. The van der Waals surface area contributed by atoms with Gasteiger partial charge in [0.2, 0.25) is 0 Å². The van der Waals surface area contributed by atoms with Crippen LogP contribution in [0.5, 0.6) is 0 Å². The van der Waals surface area contributed by atoms with E-state index >= 15 is 0 Å². The van der Waals surface area contributed by atoms with Crippen molar-refractivity contribution >= 4 is 17.6 Å². The first kappa shape index (κ1) is 16.8. The summed E-state index contributed by atoms with van der Waals surface area (Å²) in [6.45, 7) is 1.09. The van der Waals surface area contributed by atoms with E-state index in [1.807, 2.05) is 6.07 Å². The number of likely N-dealkylation sites (tertiary alicyclic amines) is 1. The lowest BCUT2D eigenvalue weighted by Gasteiger charge is -2.26. The van der Waals surface area contributed by atoms with Crippen molar-refractivity contribution in [2.24, 2.45) is 0 Å². The smallest absolute Gasteiger partial charge is 0.317 e. The van der Waals surface area contributed by atoms with Crippen molar-refractivity contribution in [2.75, 3.05) is 6.54 Å². The molecule has 2 amide bonds. The fourth-order valence-electron chi connectivity index (χ4n) is 2.99. The van der Waals surface area contributed by atoms with Gasteiger partial charge in [-0.2, -0.15) is 0 Å². The number of amides is 2. The average Bonchev–Trinajstić information content (AvgIpc) is 3.25. The standard InChI is InChI=1S/C17H20ClN3O3/c18-16-6-5-12(10-19-16)11-20-17(23)21-7-1-3-13(21)9-14(22)15-4-2-8-24-15/h2,4-6,8,10,13-14,22H,1,3,7,9,11H2,(H,20,23). The number of aliphatic hydroxyl groups excluding tert-OH is 1. The highest BCUT2D eigenvalue weighted by Crippen LogP contribution is 2.27. The van der Waals surface area contributed by atoms with Crippen LogP contribution in [0.25, 0.3) is 0 Å². The molecule has 6 nitrogen and oxygen atoms in total. The molecule has 1 fully saturated rings. The van der Waals surface area contributed by atoms with Crippen LogP contribution in [-0.2, 0) is 6.54 Å². The Labute approximate surface area is 145 Å². The molecule has 0 spiro atoms. The molecule has 1 saturated heterocycles. The molecule has 2 atom stereocenters. The number of nitrogens with zero attached hydrogens (tertiary/aromatic N) is 2. The number of carbonyl (C=O) groups excluding carboxylic acids is 1. The van der Waals surface area contributed by atoms with Gasteiger partial charge in [0, 0.05) is 31.7 Å². The minimum atomic E-state index is -0.695. The zero-order valence-electron chi connectivity index (χ0n) is 13.2.